The minimum Gasteiger partial charge on any atom is -0.224 e. The van der Waals surface area contributed by atoms with Gasteiger partial charge in [0.1, 0.15) is 4.99 Å². The van der Waals surface area contributed by atoms with Crippen LogP contribution >= 0.6 is 12.2 Å². The highest BCUT2D eigenvalue weighted by Gasteiger charge is 2.31. The molecule has 0 aliphatic carbocycles. The van der Waals surface area contributed by atoms with Gasteiger partial charge in [-0.15, -0.1) is 4.91 Å². The van der Waals surface area contributed by atoms with Gasteiger partial charge in [-0.2, -0.15) is 5.10 Å². The molecule has 4 nitrogen and oxygen atoms in total. The van der Waals surface area contributed by atoms with Crippen molar-refractivity contribution in [3.05, 3.63) is 35.2 Å². The van der Waals surface area contributed by atoms with Crippen molar-refractivity contribution in [2.75, 3.05) is 5.01 Å². The SMILES string of the molecule is CC1=NN(c2ccccc2)C(=S)C1N=O. The molecule has 0 fully saturated rings. The third-order valence-corrected chi connectivity index (χ3v) is 2.60. The molecule has 1 aliphatic heterocycles. The molecule has 76 valence electrons. The largest absolute Gasteiger partial charge is 0.224 e. The van der Waals surface area contributed by atoms with Gasteiger partial charge in [0.05, 0.1) is 11.4 Å². The zero-order valence-electron chi connectivity index (χ0n) is 8.12. The number of para-hydroxylation sites is 1. The predicted molar refractivity (Wildman–Crippen MR) is 64.2 cm³/mol. The van der Waals surface area contributed by atoms with Crippen molar-refractivity contribution >= 4 is 28.6 Å². The molecule has 0 amide bonds. The summed E-state index contributed by atoms with van der Waals surface area (Å²) in [5, 5.41) is 8.75. The normalized spacial score (nSPS) is 20.3. The first-order chi connectivity index (χ1) is 7.24. The van der Waals surface area contributed by atoms with E-state index in [0.717, 1.165) is 5.69 Å². The number of rotatable bonds is 2. The predicted octanol–water partition coefficient (Wildman–Crippen LogP) is 2.34. The van der Waals surface area contributed by atoms with Gasteiger partial charge in [0.2, 0.25) is 0 Å². The monoisotopic (exact) mass is 219 g/mol. The Kier molecular flexibility index (Phi) is 2.55. The van der Waals surface area contributed by atoms with Crippen LogP contribution in [0.15, 0.2) is 40.6 Å². The van der Waals surface area contributed by atoms with Crippen LogP contribution in [0.5, 0.6) is 0 Å². The summed E-state index contributed by atoms with van der Waals surface area (Å²) in [4.78, 5) is 11.0. The number of hydrazone groups is 1. The molecule has 1 heterocycles. The Hall–Kier alpha value is -1.62. The summed E-state index contributed by atoms with van der Waals surface area (Å²) in [7, 11) is 0. The number of benzene rings is 1. The van der Waals surface area contributed by atoms with Gasteiger partial charge in [-0.25, -0.2) is 5.01 Å². The highest BCUT2D eigenvalue weighted by molar-refractivity contribution is 7.80. The summed E-state index contributed by atoms with van der Waals surface area (Å²) in [5.74, 6) is 0. The van der Waals surface area contributed by atoms with Crippen LogP contribution in [-0.4, -0.2) is 16.7 Å². The quantitative estimate of drug-likeness (QED) is 0.566. The minimum absolute atomic E-state index is 0.439. The molecule has 0 saturated carbocycles. The van der Waals surface area contributed by atoms with Crippen molar-refractivity contribution in [2.45, 2.75) is 13.0 Å². The fourth-order valence-electron chi connectivity index (χ4n) is 1.43. The third-order valence-electron chi connectivity index (χ3n) is 2.20. The Morgan fingerprint density at radius 3 is 2.60 bits per heavy atom. The van der Waals surface area contributed by atoms with Crippen LogP contribution in [0.4, 0.5) is 5.69 Å². The summed E-state index contributed by atoms with van der Waals surface area (Å²) < 4.78 is 0. The fraction of sp³-hybridized carbons (Fsp3) is 0.200. The maximum Gasteiger partial charge on any atom is 0.183 e. The van der Waals surface area contributed by atoms with Gasteiger partial charge in [0.25, 0.3) is 0 Å². The number of nitrogens with zero attached hydrogens (tertiary/aromatic N) is 3. The lowest BCUT2D eigenvalue weighted by Crippen LogP contribution is -2.27. The lowest BCUT2D eigenvalue weighted by atomic mass is 10.2. The summed E-state index contributed by atoms with van der Waals surface area (Å²) in [6.45, 7) is 1.75. The summed E-state index contributed by atoms with van der Waals surface area (Å²) in [5.41, 5.74) is 1.49. The summed E-state index contributed by atoms with van der Waals surface area (Å²) in [6, 6.07) is 8.87. The van der Waals surface area contributed by atoms with Crippen molar-refractivity contribution < 1.29 is 0 Å². The molecule has 1 aromatic rings. The van der Waals surface area contributed by atoms with Gasteiger partial charge in [0, 0.05) is 0 Å². The first-order valence-corrected chi connectivity index (χ1v) is 4.91. The van der Waals surface area contributed by atoms with Gasteiger partial charge in [0.15, 0.2) is 6.04 Å². The van der Waals surface area contributed by atoms with E-state index < -0.39 is 6.04 Å². The van der Waals surface area contributed by atoms with Crippen LogP contribution in [-0.2, 0) is 0 Å². The Morgan fingerprint density at radius 2 is 2.07 bits per heavy atom. The lowest BCUT2D eigenvalue weighted by molar-refractivity contribution is 1.13. The average Bonchev–Trinajstić information content (AvgIpc) is 2.55. The second kappa shape index (κ2) is 3.86. The van der Waals surface area contributed by atoms with Gasteiger partial charge >= 0.3 is 0 Å². The van der Waals surface area contributed by atoms with E-state index in [1.54, 1.807) is 11.9 Å². The van der Waals surface area contributed by atoms with Crippen molar-refractivity contribution in [1.82, 2.24) is 0 Å². The summed E-state index contributed by atoms with van der Waals surface area (Å²) >= 11 is 5.14. The molecular weight excluding hydrogens is 210 g/mol. The van der Waals surface area contributed by atoms with Crippen molar-refractivity contribution in [3.8, 4) is 0 Å². The van der Waals surface area contributed by atoms with Gasteiger partial charge in [-0.1, -0.05) is 35.6 Å². The molecular formula is C10H9N3OS. The van der Waals surface area contributed by atoms with E-state index in [1.165, 1.54) is 0 Å². The first kappa shape index (κ1) is 9.92. The molecule has 2 rings (SSSR count). The topological polar surface area (TPSA) is 45.0 Å². The number of nitroso groups, excluding NO2 is 1. The van der Waals surface area contributed by atoms with E-state index in [9.17, 15) is 4.91 Å². The third kappa shape index (κ3) is 1.66. The molecule has 1 unspecified atom stereocenters. The van der Waals surface area contributed by atoms with Crippen molar-refractivity contribution in [3.63, 3.8) is 0 Å². The maximum atomic E-state index is 10.6. The molecule has 5 heteroatoms. The molecule has 0 N–H and O–H groups in total. The molecule has 1 aromatic carbocycles. The van der Waals surface area contributed by atoms with E-state index in [-0.39, 0.29) is 0 Å². The number of anilines is 1. The van der Waals surface area contributed by atoms with Crippen LogP contribution in [0.2, 0.25) is 0 Å². The molecule has 15 heavy (non-hydrogen) atoms. The van der Waals surface area contributed by atoms with Gasteiger partial charge in [-0.3, -0.25) is 0 Å². The lowest BCUT2D eigenvalue weighted by Gasteiger charge is -2.13. The fourth-order valence-corrected chi connectivity index (χ4v) is 1.79. The van der Waals surface area contributed by atoms with E-state index >= 15 is 0 Å². The maximum absolute atomic E-state index is 10.6. The second-order valence-electron chi connectivity index (χ2n) is 3.23. The van der Waals surface area contributed by atoms with E-state index in [2.05, 4.69) is 10.3 Å². The summed E-state index contributed by atoms with van der Waals surface area (Å²) in [6.07, 6.45) is 0. The van der Waals surface area contributed by atoms with Crippen LogP contribution < -0.4 is 5.01 Å². The number of thiocarbonyl (C=S) groups is 1. The minimum atomic E-state index is -0.597. The highest BCUT2D eigenvalue weighted by Crippen LogP contribution is 2.22. The van der Waals surface area contributed by atoms with Crippen molar-refractivity contribution in [1.29, 1.82) is 0 Å². The zero-order valence-corrected chi connectivity index (χ0v) is 8.94. The second-order valence-corrected chi connectivity index (χ2v) is 3.65. The first-order valence-electron chi connectivity index (χ1n) is 4.50. The highest BCUT2D eigenvalue weighted by atomic mass is 32.1. The van der Waals surface area contributed by atoms with Gasteiger partial charge in [-0.05, 0) is 19.1 Å². The van der Waals surface area contributed by atoms with Crippen LogP contribution in [0.1, 0.15) is 6.92 Å². The molecule has 0 spiro atoms. The van der Waals surface area contributed by atoms with E-state index in [4.69, 9.17) is 12.2 Å². The molecule has 1 aliphatic rings. The molecule has 0 bridgehead atoms. The average molecular weight is 219 g/mol. The van der Waals surface area contributed by atoms with Crippen LogP contribution in [0, 0.1) is 4.91 Å². The number of hydrogen-bond acceptors (Lipinski definition) is 4. The Labute approximate surface area is 92.6 Å². The van der Waals surface area contributed by atoms with E-state index in [0.29, 0.717) is 10.7 Å². The van der Waals surface area contributed by atoms with Crippen LogP contribution in [0.3, 0.4) is 0 Å². The molecule has 1 atom stereocenters. The van der Waals surface area contributed by atoms with Crippen LogP contribution in [0.25, 0.3) is 0 Å². The zero-order chi connectivity index (χ0) is 10.8. The Morgan fingerprint density at radius 1 is 1.40 bits per heavy atom. The standard InChI is InChI=1S/C10H9N3OS/c1-7-9(12-14)10(15)13(11-7)8-5-3-2-4-6-8/h2-6,9H,1H3. The Bertz CT molecular complexity index is 430. The van der Waals surface area contributed by atoms with E-state index in [1.807, 2.05) is 30.3 Å². The molecule has 0 aromatic heterocycles. The molecule has 0 radical (unpaired) electrons. The van der Waals surface area contributed by atoms with Crippen molar-refractivity contribution in [2.24, 2.45) is 10.3 Å². The Balaban J connectivity index is 2.35. The number of hydrogen-bond donors (Lipinski definition) is 0. The smallest absolute Gasteiger partial charge is 0.183 e. The van der Waals surface area contributed by atoms with Gasteiger partial charge < -0.3 is 0 Å². The molecule has 0 saturated heterocycles.